The van der Waals surface area contributed by atoms with E-state index >= 15 is 0 Å². The molecule has 2 aliphatic heterocycles. The lowest BCUT2D eigenvalue weighted by atomic mass is 9.94. The lowest BCUT2D eigenvalue weighted by Gasteiger charge is -2.40. The van der Waals surface area contributed by atoms with Crippen LogP contribution in [0.5, 0.6) is 5.75 Å². The van der Waals surface area contributed by atoms with Crippen molar-refractivity contribution in [3.8, 4) is 5.75 Å². The zero-order chi connectivity index (χ0) is 35.0. The number of hydrogen-bond acceptors (Lipinski definition) is 8. The molecule has 0 radical (unpaired) electrons. The van der Waals surface area contributed by atoms with Gasteiger partial charge in [-0.3, -0.25) is 5.01 Å². The van der Waals surface area contributed by atoms with Gasteiger partial charge in [-0.25, -0.2) is 0 Å². The summed E-state index contributed by atoms with van der Waals surface area (Å²) in [4.78, 5) is 0. The fourth-order valence-corrected chi connectivity index (χ4v) is 7.53. The number of nitrogens with zero attached hydrogens (tertiary/aromatic N) is 2. The van der Waals surface area contributed by atoms with Crippen molar-refractivity contribution < 1.29 is 28.1 Å². The summed E-state index contributed by atoms with van der Waals surface area (Å²) in [5.74, 6) is 0.251. The number of methoxy groups -OCH3 is 2. The minimum absolute atomic E-state index is 0.0741. The smallest absolute Gasteiger partial charge is 0.192 e. The summed E-state index contributed by atoms with van der Waals surface area (Å²) in [6.45, 7) is 26.5. The van der Waals surface area contributed by atoms with Gasteiger partial charge in [0.05, 0.1) is 50.9 Å². The third kappa shape index (κ3) is 12.1. The Morgan fingerprint density at radius 3 is 2.49 bits per heavy atom. The molecule has 1 aromatic carbocycles. The topological polar surface area (TPSA) is 71.0 Å². The highest BCUT2D eigenvalue weighted by Gasteiger charge is 2.40. The number of benzene rings is 1. The standard InChI is InChI=1S/C37H61BrN2O6Si/c1-26(21-35-32(25-44-37(7,8)45-35)39-40-19-13-14-30(40)24-41-9)20-27(2)33(43-23-29-15-17-31(42-10)18-16-29)22-34(28(3)38)46-47(11,12)36(4,5)6/h15-18,20,27,30,33-35H,3,13-14,19,21-25H2,1-2,4-12H3/b26-20+,39-32+/t27-,30-,33+,34+,35-/m1/s1. The monoisotopic (exact) mass is 736 g/mol. The van der Waals surface area contributed by atoms with Crippen LogP contribution < -0.4 is 4.74 Å². The summed E-state index contributed by atoms with van der Waals surface area (Å²) < 4.78 is 37.8. The maximum atomic E-state index is 6.89. The molecular formula is C37H61BrN2O6Si. The average molecular weight is 738 g/mol. The van der Waals surface area contributed by atoms with Gasteiger partial charge < -0.3 is 28.1 Å². The number of hydrazone groups is 1. The number of hydrogen-bond donors (Lipinski definition) is 0. The molecule has 1 aromatic rings. The summed E-state index contributed by atoms with van der Waals surface area (Å²) in [5.41, 5.74) is 3.24. The summed E-state index contributed by atoms with van der Waals surface area (Å²) >= 11 is 3.70. The Labute approximate surface area is 294 Å². The highest BCUT2D eigenvalue weighted by Crippen LogP contribution is 2.40. The first-order valence-corrected chi connectivity index (χ1v) is 20.7. The van der Waals surface area contributed by atoms with Crippen molar-refractivity contribution in [3.63, 3.8) is 0 Å². The second kappa shape index (κ2) is 17.4. The number of rotatable bonds is 16. The normalized spacial score (nSPS) is 23.5. The van der Waals surface area contributed by atoms with Crippen molar-refractivity contribution in [1.82, 2.24) is 5.01 Å². The molecule has 47 heavy (non-hydrogen) atoms. The summed E-state index contributed by atoms with van der Waals surface area (Å²) in [6.07, 6.45) is 5.45. The molecule has 2 aliphatic rings. The molecule has 0 aliphatic carbocycles. The van der Waals surface area contributed by atoms with E-state index < -0.39 is 14.1 Å². The Morgan fingerprint density at radius 2 is 1.89 bits per heavy atom. The Balaban J connectivity index is 1.84. The molecule has 2 saturated heterocycles. The second-order valence-electron chi connectivity index (χ2n) is 15.1. The van der Waals surface area contributed by atoms with Crippen LogP contribution in [0.1, 0.15) is 79.7 Å². The third-order valence-corrected chi connectivity index (χ3v) is 14.6. The van der Waals surface area contributed by atoms with Crippen molar-refractivity contribution in [3.05, 3.63) is 52.5 Å². The molecule has 0 amide bonds. The van der Waals surface area contributed by atoms with Gasteiger partial charge in [0, 0.05) is 30.5 Å². The van der Waals surface area contributed by atoms with Crippen molar-refractivity contribution in [1.29, 1.82) is 0 Å². The van der Waals surface area contributed by atoms with Gasteiger partial charge in [-0.05, 0) is 75.9 Å². The van der Waals surface area contributed by atoms with Gasteiger partial charge >= 0.3 is 0 Å². The van der Waals surface area contributed by atoms with E-state index in [4.69, 9.17) is 33.2 Å². The molecule has 0 saturated carbocycles. The largest absolute Gasteiger partial charge is 0.497 e. The Morgan fingerprint density at radius 1 is 1.21 bits per heavy atom. The van der Waals surface area contributed by atoms with Crippen molar-refractivity contribution >= 4 is 30.0 Å². The van der Waals surface area contributed by atoms with Gasteiger partial charge in [0.1, 0.15) is 11.9 Å². The maximum absolute atomic E-state index is 6.89. The van der Waals surface area contributed by atoms with E-state index in [0.717, 1.165) is 47.3 Å². The molecule has 2 heterocycles. The SMILES string of the molecule is C=C(Br)[C@H](C[C@H](OCc1ccc(OC)cc1)[C@H](C)/C=C(\C)C[C@H]1OC(C)(C)OC/C1=N\N1CCC[C@@H]1COC)O[Si](C)(C)C(C)(C)C. The van der Waals surface area contributed by atoms with Gasteiger partial charge in [0.2, 0.25) is 0 Å². The van der Waals surface area contributed by atoms with Crippen LogP contribution in [-0.2, 0) is 30.0 Å². The van der Waals surface area contributed by atoms with E-state index in [1.54, 1.807) is 14.2 Å². The minimum Gasteiger partial charge on any atom is -0.497 e. The lowest BCUT2D eigenvalue weighted by Crippen LogP contribution is -2.47. The van der Waals surface area contributed by atoms with E-state index in [1.807, 2.05) is 26.0 Å². The Hall–Kier alpha value is -1.53. The van der Waals surface area contributed by atoms with E-state index in [-0.39, 0.29) is 35.3 Å². The molecular weight excluding hydrogens is 676 g/mol. The predicted molar refractivity (Wildman–Crippen MR) is 198 cm³/mol. The van der Waals surface area contributed by atoms with E-state index in [0.29, 0.717) is 26.2 Å². The van der Waals surface area contributed by atoms with Gasteiger partial charge in [-0.15, -0.1) is 0 Å². The molecule has 0 spiro atoms. The van der Waals surface area contributed by atoms with E-state index in [9.17, 15) is 0 Å². The Bertz CT molecular complexity index is 1210. The molecule has 0 unspecified atom stereocenters. The second-order valence-corrected chi connectivity index (χ2v) is 20.9. The van der Waals surface area contributed by atoms with Crippen LogP contribution in [0, 0.1) is 5.92 Å². The van der Waals surface area contributed by atoms with Crippen molar-refractivity contribution in [2.24, 2.45) is 11.0 Å². The summed E-state index contributed by atoms with van der Waals surface area (Å²) in [7, 11) is 1.36. The minimum atomic E-state index is -2.07. The Kier molecular flexibility index (Phi) is 14.8. The molecule has 8 nitrogen and oxygen atoms in total. The van der Waals surface area contributed by atoms with Crippen LogP contribution >= 0.6 is 15.9 Å². The molecule has 10 heteroatoms. The fourth-order valence-electron chi connectivity index (χ4n) is 5.78. The molecule has 266 valence electrons. The first-order chi connectivity index (χ1) is 21.9. The zero-order valence-corrected chi connectivity index (χ0v) is 33.4. The van der Waals surface area contributed by atoms with Crippen molar-refractivity contribution in [2.45, 2.75) is 129 Å². The number of ether oxygens (including phenoxy) is 5. The average Bonchev–Trinajstić information content (AvgIpc) is 3.41. The van der Waals surface area contributed by atoms with Crippen LogP contribution in [0.4, 0.5) is 0 Å². The predicted octanol–water partition coefficient (Wildman–Crippen LogP) is 8.86. The van der Waals surface area contributed by atoms with Crippen LogP contribution in [-0.4, -0.2) is 83.2 Å². The number of halogens is 1. The highest BCUT2D eigenvalue weighted by molar-refractivity contribution is 9.11. The maximum Gasteiger partial charge on any atom is 0.192 e. The molecule has 5 atom stereocenters. The van der Waals surface area contributed by atoms with Gasteiger partial charge in [-0.2, -0.15) is 5.10 Å². The summed E-state index contributed by atoms with van der Waals surface area (Å²) in [6, 6.07) is 8.33. The van der Waals surface area contributed by atoms with Gasteiger partial charge in [-0.1, -0.05) is 74.0 Å². The van der Waals surface area contributed by atoms with Crippen LogP contribution in [0.3, 0.4) is 0 Å². The molecule has 3 rings (SSSR count). The van der Waals surface area contributed by atoms with E-state index in [1.165, 1.54) is 5.57 Å². The zero-order valence-electron chi connectivity index (χ0n) is 30.9. The van der Waals surface area contributed by atoms with Crippen LogP contribution in [0.2, 0.25) is 18.1 Å². The highest BCUT2D eigenvalue weighted by atomic mass is 79.9. The fraction of sp³-hybridized carbons (Fsp3) is 0.703. The molecule has 0 N–H and O–H groups in total. The molecule has 2 fully saturated rings. The summed E-state index contributed by atoms with van der Waals surface area (Å²) in [5, 5.41) is 7.31. The van der Waals surface area contributed by atoms with E-state index in [2.05, 4.69) is 93.4 Å². The molecule has 0 bridgehead atoms. The van der Waals surface area contributed by atoms with Crippen LogP contribution in [0.25, 0.3) is 0 Å². The third-order valence-electron chi connectivity index (χ3n) is 9.63. The van der Waals surface area contributed by atoms with Crippen molar-refractivity contribution in [2.75, 3.05) is 34.0 Å². The first-order valence-electron chi connectivity index (χ1n) is 17.0. The first kappa shape index (κ1) is 39.9. The quantitative estimate of drug-likeness (QED) is 0.124. The van der Waals surface area contributed by atoms with Gasteiger partial charge in [0.25, 0.3) is 0 Å². The lowest BCUT2D eigenvalue weighted by molar-refractivity contribution is -0.234. The van der Waals surface area contributed by atoms with Crippen LogP contribution in [0.15, 0.2) is 52.1 Å². The van der Waals surface area contributed by atoms with Gasteiger partial charge in [0.15, 0.2) is 14.1 Å². The molecule has 0 aromatic heterocycles.